The van der Waals surface area contributed by atoms with Crippen molar-refractivity contribution in [2.45, 2.75) is 57.1 Å². The standard InChI is InChI=1S/C34H45N3O9S/c1-9-23(3)35-34(39)28(10-2)36(21-24-11-13-25(42-4)14-12-24)33(38)22-37(29-19-26(43-5)15-17-30(29)44-6)47(40,41)27-16-18-31(45-7)32(20-27)46-8/h11-20,23,28H,9-10,21-22H2,1-8H3,(H,35,39). The number of rotatable bonds is 17. The molecule has 0 radical (unpaired) electrons. The minimum absolute atomic E-state index is 0.0365. The molecule has 256 valence electrons. The number of carbonyl (C=O) groups excluding carboxylic acids is 2. The van der Waals surface area contributed by atoms with Gasteiger partial charge in [0, 0.05) is 24.7 Å². The van der Waals surface area contributed by atoms with E-state index in [1.807, 2.05) is 13.8 Å². The summed E-state index contributed by atoms with van der Waals surface area (Å²) >= 11 is 0. The van der Waals surface area contributed by atoms with Crippen molar-refractivity contribution in [2.24, 2.45) is 0 Å². The molecule has 0 saturated carbocycles. The fourth-order valence-electron chi connectivity index (χ4n) is 4.90. The molecule has 0 aliphatic heterocycles. The number of carbonyl (C=O) groups is 2. The minimum Gasteiger partial charge on any atom is -0.497 e. The highest BCUT2D eigenvalue weighted by molar-refractivity contribution is 7.92. The Morgan fingerprint density at radius 1 is 0.745 bits per heavy atom. The van der Waals surface area contributed by atoms with Gasteiger partial charge in [-0.3, -0.25) is 13.9 Å². The molecule has 0 aromatic heterocycles. The van der Waals surface area contributed by atoms with Crippen LogP contribution in [-0.4, -0.2) is 79.3 Å². The topological polar surface area (TPSA) is 133 Å². The van der Waals surface area contributed by atoms with Gasteiger partial charge in [-0.2, -0.15) is 0 Å². The molecule has 0 aliphatic rings. The van der Waals surface area contributed by atoms with Crippen LogP contribution in [-0.2, 0) is 26.2 Å². The number of anilines is 1. The third kappa shape index (κ3) is 8.79. The zero-order valence-corrected chi connectivity index (χ0v) is 29.1. The number of hydrogen-bond donors (Lipinski definition) is 1. The zero-order valence-electron chi connectivity index (χ0n) is 28.2. The summed E-state index contributed by atoms with van der Waals surface area (Å²) in [5.41, 5.74) is 0.790. The molecule has 3 rings (SSSR count). The van der Waals surface area contributed by atoms with Crippen molar-refractivity contribution in [3.63, 3.8) is 0 Å². The van der Waals surface area contributed by atoms with Crippen molar-refractivity contribution in [1.29, 1.82) is 0 Å². The molecule has 3 aromatic rings. The molecule has 0 saturated heterocycles. The summed E-state index contributed by atoms with van der Waals surface area (Å²) in [6.45, 7) is 5.01. The lowest BCUT2D eigenvalue weighted by molar-refractivity contribution is -0.140. The Bertz CT molecular complexity index is 1610. The summed E-state index contributed by atoms with van der Waals surface area (Å²) in [6, 6.07) is 14.9. The summed E-state index contributed by atoms with van der Waals surface area (Å²) in [6.07, 6.45) is 0.983. The van der Waals surface area contributed by atoms with E-state index in [0.717, 1.165) is 9.87 Å². The first kappa shape index (κ1) is 36.8. The van der Waals surface area contributed by atoms with Gasteiger partial charge in [0.2, 0.25) is 11.8 Å². The van der Waals surface area contributed by atoms with Crippen LogP contribution >= 0.6 is 0 Å². The maximum absolute atomic E-state index is 14.5. The molecule has 2 unspecified atom stereocenters. The van der Waals surface area contributed by atoms with Gasteiger partial charge in [-0.25, -0.2) is 8.42 Å². The average molecular weight is 672 g/mol. The van der Waals surface area contributed by atoms with Gasteiger partial charge in [0.15, 0.2) is 11.5 Å². The summed E-state index contributed by atoms with van der Waals surface area (Å²) < 4.78 is 56.8. The van der Waals surface area contributed by atoms with E-state index in [1.54, 1.807) is 50.4 Å². The van der Waals surface area contributed by atoms with Gasteiger partial charge in [-0.1, -0.05) is 26.0 Å². The van der Waals surface area contributed by atoms with Crippen molar-refractivity contribution in [3.05, 3.63) is 66.2 Å². The highest BCUT2D eigenvalue weighted by Gasteiger charge is 2.35. The normalized spacial score (nSPS) is 12.3. The molecule has 0 heterocycles. The fraction of sp³-hybridized carbons (Fsp3) is 0.412. The second kappa shape index (κ2) is 16.8. The van der Waals surface area contributed by atoms with Gasteiger partial charge in [0.25, 0.3) is 10.0 Å². The van der Waals surface area contributed by atoms with Crippen LogP contribution in [0.5, 0.6) is 28.7 Å². The third-order valence-electron chi connectivity index (χ3n) is 7.78. The number of nitrogens with zero attached hydrogens (tertiary/aromatic N) is 2. The Morgan fingerprint density at radius 3 is 1.89 bits per heavy atom. The number of methoxy groups -OCH3 is 5. The van der Waals surface area contributed by atoms with Crippen molar-refractivity contribution in [2.75, 3.05) is 46.4 Å². The second-order valence-electron chi connectivity index (χ2n) is 10.7. The number of hydrogen-bond acceptors (Lipinski definition) is 9. The number of nitrogens with one attached hydrogen (secondary N) is 1. The van der Waals surface area contributed by atoms with Crippen LogP contribution in [0, 0.1) is 0 Å². The number of sulfonamides is 1. The molecular formula is C34H45N3O9S. The maximum Gasteiger partial charge on any atom is 0.265 e. The van der Waals surface area contributed by atoms with Crippen molar-refractivity contribution in [3.8, 4) is 28.7 Å². The van der Waals surface area contributed by atoms with E-state index < -0.39 is 28.5 Å². The largest absolute Gasteiger partial charge is 0.497 e. The third-order valence-corrected chi connectivity index (χ3v) is 9.53. The fourth-order valence-corrected chi connectivity index (χ4v) is 6.33. The lowest BCUT2D eigenvalue weighted by atomic mass is 10.1. The van der Waals surface area contributed by atoms with E-state index in [1.165, 1.54) is 57.6 Å². The molecule has 2 amide bonds. The first-order valence-electron chi connectivity index (χ1n) is 15.2. The van der Waals surface area contributed by atoms with E-state index in [0.29, 0.717) is 23.7 Å². The van der Waals surface area contributed by atoms with Gasteiger partial charge in [-0.05, 0) is 61.7 Å². The van der Waals surface area contributed by atoms with Gasteiger partial charge in [0.1, 0.15) is 29.8 Å². The van der Waals surface area contributed by atoms with E-state index in [-0.39, 0.29) is 47.0 Å². The number of amides is 2. The van der Waals surface area contributed by atoms with Gasteiger partial charge in [0.05, 0.1) is 46.1 Å². The molecule has 47 heavy (non-hydrogen) atoms. The Hall–Kier alpha value is -4.65. The van der Waals surface area contributed by atoms with Crippen LogP contribution < -0.4 is 33.3 Å². The molecular weight excluding hydrogens is 626 g/mol. The second-order valence-corrected chi connectivity index (χ2v) is 12.5. The summed E-state index contributed by atoms with van der Waals surface area (Å²) in [5.74, 6) is 0.729. The molecule has 1 N–H and O–H groups in total. The predicted molar refractivity (Wildman–Crippen MR) is 179 cm³/mol. The SMILES string of the molecule is CCC(C)NC(=O)C(CC)N(Cc1ccc(OC)cc1)C(=O)CN(c1cc(OC)ccc1OC)S(=O)(=O)c1ccc(OC)c(OC)c1. The van der Waals surface area contributed by atoms with E-state index in [4.69, 9.17) is 23.7 Å². The lowest BCUT2D eigenvalue weighted by Crippen LogP contribution is -2.53. The van der Waals surface area contributed by atoms with E-state index in [2.05, 4.69) is 5.32 Å². The number of benzene rings is 3. The maximum atomic E-state index is 14.5. The summed E-state index contributed by atoms with van der Waals surface area (Å²) in [7, 11) is 2.78. The monoisotopic (exact) mass is 671 g/mol. The Kier molecular flexibility index (Phi) is 13.1. The smallest absolute Gasteiger partial charge is 0.265 e. The van der Waals surface area contributed by atoms with Crippen molar-refractivity contribution < 1.29 is 41.7 Å². The molecule has 0 aliphatic carbocycles. The molecule has 2 atom stereocenters. The summed E-state index contributed by atoms with van der Waals surface area (Å²) in [4.78, 5) is 29.3. The van der Waals surface area contributed by atoms with E-state index >= 15 is 0 Å². The molecule has 0 bridgehead atoms. The predicted octanol–water partition coefficient (Wildman–Crippen LogP) is 4.65. The quantitative estimate of drug-likeness (QED) is 0.218. The lowest BCUT2D eigenvalue weighted by Gasteiger charge is -2.34. The Balaban J connectivity index is 2.19. The molecule has 13 heteroatoms. The van der Waals surface area contributed by atoms with Crippen LogP contribution in [0.4, 0.5) is 5.69 Å². The molecule has 0 fully saturated rings. The van der Waals surface area contributed by atoms with Crippen LogP contribution in [0.3, 0.4) is 0 Å². The molecule has 3 aromatic carbocycles. The van der Waals surface area contributed by atoms with E-state index in [9.17, 15) is 18.0 Å². The zero-order chi connectivity index (χ0) is 34.7. The van der Waals surface area contributed by atoms with Crippen LogP contribution in [0.1, 0.15) is 39.2 Å². The highest BCUT2D eigenvalue weighted by atomic mass is 32.2. The summed E-state index contributed by atoms with van der Waals surface area (Å²) in [5, 5.41) is 2.97. The van der Waals surface area contributed by atoms with Gasteiger partial charge in [-0.15, -0.1) is 0 Å². The first-order valence-corrected chi connectivity index (χ1v) is 16.6. The first-order chi connectivity index (χ1) is 22.5. The number of ether oxygens (including phenoxy) is 5. The van der Waals surface area contributed by atoms with Crippen molar-refractivity contribution >= 4 is 27.5 Å². The highest BCUT2D eigenvalue weighted by Crippen LogP contribution is 2.38. The van der Waals surface area contributed by atoms with Crippen molar-refractivity contribution in [1.82, 2.24) is 10.2 Å². The Labute approximate surface area is 277 Å². The van der Waals surface area contributed by atoms with Gasteiger partial charge < -0.3 is 33.9 Å². The van der Waals surface area contributed by atoms with Crippen LogP contribution in [0.15, 0.2) is 65.6 Å². The van der Waals surface area contributed by atoms with Gasteiger partial charge >= 0.3 is 0 Å². The Morgan fingerprint density at radius 2 is 1.34 bits per heavy atom. The minimum atomic E-state index is -4.46. The molecule has 0 spiro atoms. The average Bonchev–Trinajstić information content (AvgIpc) is 3.09. The van der Waals surface area contributed by atoms with Crippen LogP contribution in [0.2, 0.25) is 0 Å². The van der Waals surface area contributed by atoms with Crippen LogP contribution in [0.25, 0.3) is 0 Å². The molecule has 12 nitrogen and oxygen atoms in total.